The summed E-state index contributed by atoms with van der Waals surface area (Å²) in [5.41, 5.74) is 4.86. The molecule has 1 aromatic carbocycles. The van der Waals surface area contributed by atoms with Gasteiger partial charge in [0, 0.05) is 43.1 Å². The number of aryl methyl sites for hydroxylation is 1. The number of nitrogens with zero attached hydrogens (tertiary/aromatic N) is 2. The molecule has 1 saturated carbocycles. The Hall–Kier alpha value is -2.35. The van der Waals surface area contributed by atoms with Gasteiger partial charge >= 0.3 is 0 Å². The van der Waals surface area contributed by atoms with E-state index in [1.165, 1.54) is 4.88 Å². The topological polar surface area (TPSA) is 62.3 Å². The number of amides is 2. The Labute approximate surface area is 178 Å². The van der Waals surface area contributed by atoms with Crippen molar-refractivity contribution >= 4 is 23.2 Å². The van der Waals surface area contributed by atoms with Gasteiger partial charge in [-0.25, -0.2) is 13.8 Å². The second-order valence-electron chi connectivity index (χ2n) is 8.37. The number of aromatic nitrogens is 1. The van der Waals surface area contributed by atoms with Crippen molar-refractivity contribution in [2.45, 2.75) is 45.1 Å². The molecule has 1 fully saturated rings. The van der Waals surface area contributed by atoms with Crippen molar-refractivity contribution in [3.63, 3.8) is 0 Å². The van der Waals surface area contributed by atoms with Gasteiger partial charge in [0.15, 0.2) is 0 Å². The first-order valence-corrected chi connectivity index (χ1v) is 11.1. The molecule has 160 valence electrons. The quantitative estimate of drug-likeness (QED) is 0.782. The summed E-state index contributed by atoms with van der Waals surface area (Å²) in [5, 5.41) is 2.69. The van der Waals surface area contributed by atoms with Crippen LogP contribution in [-0.4, -0.2) is 40.7 Å². The fourth-order valence-corrected chi connectivity index (χ4v) is 5.01. The highest BCUT2D eigenvalue weighted by molar-refractivity contribution is 7.09. The van der Waals surface area contributed by atoms with E-state index in [9.17, 15) is 18.4 Å². The average Bonchev–Trinajstić information content (AvgIpc) is 3.17. The molecule has 8 heteroatoms. The molecule has 0 radical (unpaired) electrons. The van der Waals surface area contributed by atoms with Crippen LogP contribution in [0.3, 0.4) is 0 Å². The summed E-state index contributed by atoms with van der Waals surface area (Å²) in [4.78, 5) is 33.0. The Morgan fingerprint density at radius 2 is 2.13 bits per heavy atom. The van der Waals surface area contributed by atoms with Crippen molar-refractivity contribution in [1.29, 1.82) is 0 Å². The third-order valence-electron chi connectivity index (χ3n) is 5.93. The minimum absolute atomic E-state index is 0.0700. The van der Waals surface area contributed by atoms with Crippen molar-refractivity contribution in [1.82, 2.24) is 15.2 Å². The molecule has 0 bridgehead atoms. The van der Waals surface area contributed by atoms with Crippen molar-refractivity contribution in [3.8, 4) is 0 Å². The van der Waals surface area contributed by atoms with Gasteiger partial charge in [0.1, 0.15) is 6.04 Å². The maximum absolute atomic E-state index is 13.3. The molecule has 2 atom stereocenters. The summed E-state index contributed by atoms with van der Waals surface area (Å²) in [7, 11) is 0. The first-order valence-electron chi connectivity index (χ1n) is 10.2. The average molecular weight is 434 g/mol. The number of carbonyl (C=O) groups excluding carboxylic acids is 2. The Morgan fingerprint density at radius 1 is 1.37 bits per heavy atom. The van der Waals surface area contributed by atoms with Crippen LogP contribution in [0.5, 0.6) is 0 Å². The first-order chi connectivity index (χ1) is 14.2. The number of fused-ring (bicyclic) bond motifs is 1. The van der Waals surface area contributed by atoms with Crippen molar-refractivity contribution in [2.75, 3.05) is 13.1 Å². The Balaban J connectivity index is 1.47. The van der Waals surface area contributed by atoms with Crippen LogP contribution in [0.1, 0.15) is 47.5 Å². The minimum atomic E-state index is -2.73. The predicted octanol–water partition coefficient (Wildman–Crippen LogP) is 3.72. The number of halogens is 2. The maximum atomic E-state index is 13.3. The Morgan fingerprint density at radius 3 is 2.83 bits per heavy atom. The third kappa shape index (κ3) is 4.10. The summed E-state index contributed by atoms with van der Waals surface area (Å²) in [6.45, 7) is 4.50. The molecule has 1 aromatic heterocycles. The standard InChI is InChI=1S/C22H25F2N3O2S/c1-13-4-3-5-15(8-13)19-18-17(30-12-26-18)6-7-27(19)21(29)14(2)11-25-20(28)16-9-22(23,24)10-16/h3-5,8,12,14,16,19H,6-7,9-11H2,1-2H3,(H,25,28)/t14-,19?/m0/s1. The molecule has 2 heterocycles. The lowest BCUT2D eigenvalue weighted by Crippen LogP contribution is -2.48. The van der Waals surface area contributed by atoms with E-state index in [0.717, 1.165) is 23.2 Å². The number of rotatable bonds is 5. The van der Waals surface area contributed by atoms with Gasteiger partial charge in [-0.2, -0.15) is 0 Å². The van der Waals surface area contributed by atoms with Crippen LogP contribution in [0.25, 0.3) is 0 Å². The lowest BCUT2D eigenvalue weighted by atomic mass is 9.80. The van der Waals surface area contributed by atoms with E-state index in [1.807, 2.05) is 35.5 Å². The van der Waals surface area contributed by atoms with Gasteiger partial charge in [-0.1, -0.05) is 36.8 Å². The molecule has 2 aliphatic rings. The number of nitrogens with one attached hydrogen (secondary N) is 1. The first kappa shape index (κ1) is 20.9. The highest BCUT2D eigenvalue weighted by Gasteiger charge is 2.48. The smallest absolute Gasteiger partial charge is 0.249 e. The monoisotopic (exact) mass is 433 g/mol. The second-order valence-corrected chi connectivity index (χ2v) is 9.31. The molecule has 2 amide bonds. The zero-order valence-electron chi connectivity index (χ0n) is 17.0. The van der Waals surface area contributed by atoms with Crippen molar-refractivity contribution in [3.05, 3.63) is 51.5 Å². The van der Waals surface area contributed by atoms with Gasteiger partial charge in [0.2, 0.25) is 17.7 Å². The van der Waals surface area contributed by atoms with E-state index in [1.54, 1.807) is 18.3 Å². The fourth-order valence-electron chi connectivity index (χ4n) is 4.22. The van der Waals surface area contributed by atoms with Crippen LogP contribution in [0.4, 0.5) is 8.78 Å². The van der Waals surface area contributed by atoms with Crippen molar-refractivity contribution in [2.24, 2.45) is 11.8 Å². The molecular weight excluding hydrogens is 408 g/mol. The Kier molecular flexibility index (Phi) is 5.61. The number of carbonyl (C=O) groups is 2. The predicted molar refractivity (Wildman–Crippen MR) is 110 cm³/mol. The van der Waals surface area contributed by atoms with Gasteiger partial charge < -0.3 is 10.2 Å². The van der Waals surface area contributed by atoms with Gasteiger partial charge in [0.25, 0.3) is 0 Å². The molecule has 4 rings (SSSR count). The number of hydrogen-bond acceptors (Lipinski definition) is 4. The number of benzene rings is 1. The molecule has 2 aromatic rings. The summed E-state index contributed by atoms with van der Waals surface area (Å²) in [5.74, 6) is -4.31. The molecule has 1 aliphatic heterocycles. The summed E-state index contributed by atoms with van der Waals surface area (Å²) in [6, 6.07) is 7.82. The van der Waals surface area contributed by atoms with Crippen LogP contribution in [0, 0.1) is 18.8 Å². The lowest BCUT2D eigenvalue weighted by Gasteiger charge is -2.37. The second kappa shape index (κ2) is 8.06. The zero-order chi connectivity index (χ0) is 21.5. The highest BCUT2D eigenvalue weighted by Crippen LogP contribution is 2.42. The minimum Gasteiger partial charge on any atom is -0.355 e. The molecule has 1 unspecified atom stereocenters. The van der Waals surface area contributed by atoms with Gasteiger partial charge in [-0.05, 0) is 12.5 Å². The molecule has 1 N–H and O–H groups in total. The van der Waals surface area contributed by atoms with Gasteiger partial charge in [-0.3, -0.25) is 9.59 Å². The molecule has 1 aliphatic carbocycles. The van der Waals surface area contributed by atoms with E-state index in [-0.39, 0.29) is 18.5 Å². The van der Waals surface area contributed by atoms with Crippen LogP contribution >= 0.6 is 11.3 Å². The SMILES string of the molecule is Cc1cccc(C2c3ncsc3CCN2C(=O)[C@@H](C)CNC(=O)C2CC(F)(F)C2)c1. The van der Waals surface area contributed by atoms with Crippen LogP contribution in [0.15, 0.2) is 29.8 Å². The van der Waals surface area contributed by atoms with E-state index >= 15 is 0 Å². The number of hydrogen-bond donors (Lipinski definition) is 1. The molecule has 5 nitrogen and oxygen atoms in total. The van der Waals surface area contributed by atoms with E-state index in [0.29, 0.717) is 6.54 Å². The molecule has 0 saturated heterocycles. The van der Waals surface area contributed by atoms with E-state index in [4.69, 9.17) is 0 Å². The van der Waals surface area contributed by atoms with Crippen molar-refractivity contribution < 1.29 is 18.4 Å². The van der Waals surface area contributed by atoms with E-state index < -0.39 is 36.5 Å². The fraction of sp³-hybridized carbons (Fsp3) is 0.500. The molecule has 30 heavy (non-hydrogen) atoms. The molecular formula is C22H25F2N3O2S. The molecule has 0 spiro atoms. The van der Waals surface area contributed by atoms with Gasteiger partial charge in [0.05, 0.1) is 17.1 Å². The zero-order valence-corrected chi connectivity index (χ0v) is 17.8. The van der Waals surface area contributed by atoms with Gasteiger partial charge in [-0.15, -0.1) is 11.3 Å². The number of thiazole rings is 1. The van der Waals surface area contributed by atoms with Crippen LogP contribution < -0.4 is 5.32 Å². The highest BCUT2D eigenvalue weighted by atomic mass is 32.1. The summed E-state index contributed by atoms with van der Waals surface area (Å²) < 4.78 is 26.0. The largest absolute Gasteiger partial charge is 0.355 e. The van der Waals surface area contributed by atoms with Crippen LogP contribution in [-0.2, 0) is 16.0 Å². The van der Waals surface area contributed by atoms with Crippen LogP contribution in [0.2, 0.25) is 0 Å². The lowest BCUT2D eigenvalue weighted by molar-refractivity contribution is -0.150. The summed E-state index contributed by atoms with van der Waals surface area (Å²) in [6.07, 6.45) is -0.0606. The number of alkyl halides is 2. The normalized spacial score (nSPS) is 21.5. The van der Waals surface area contributed by atoms with E-state index in [2.05, 4.69) is 16.4 Å². The summed E-state index contributed by atoms with van der Waals surface area (Å²) >= 11 is 1.61. The maximum Gasteiger partial charge on any atom is 0.249 e. The Bertz CT molecular complexity index is 953. The third-order valence-corrected chi connectivity index (χ3v) is 6.84.